The summed E-state index contributed by atoms with van der Waals surface area (Å²) in [5, 5.41) is 17.8. The number of carbonyl (C=O) groups is 1. The van der Waals surface area contributed by atoms with Crippen LogP contribution in [0.15, 0.2) is 23.5 Å². The zero-order valence-corrected chi connectivity index (χ0v) is 8.36. The maximum absolute atomic E-state index is 10.8. The summed E-state index contributed by atoms with van der Waals surface area (Å²) in [6.07, 6.45) is 2.73. The van der Waals surface area contributed by atoms with Gasteiger partial charge in [0, 0.05) is 12.0 Å². The Kier molecular flexibility index (Phi) is 4.10. The van der Waals surface area contributed by atoms with Crippen molar-refractivity contribution in [3.05, 3.63) is 23.5 Å². The number of esters is 1. The second-order valence-electron chi connectivity index (χ2n) is 3.11. The van der Waals surface area contributed by atoms with E-state index < -0.39 is 5.97 Å². The minimum Gasteiger partial charge on any atom is -0.422 e. The van der Waals surface area contributed by atoms with Crippen molar-refractivity contribution < 1.29 is 19.7 Å². The fourth-order valence-corrected chi connectivity index (χ4v) is 0.917. The normalized spacial score (nSPS) is 19.3. The Morgan fingerprint density at radius 3 is 2.73 bits per heavy atom. The zero-order chi connectivity index (χ0) is 11.3. The largest absolute Gasteiger partial charge is 0.422 e. The van der Waals surface area contributed by atoms with E-state index in [0.717, 1.165) is 0 Å². The number of aliphatic hydroxyl groups is 2. The highest BCUT2D eigenvalue weighted by Crippen LogP contribution is 2.13. The summed E-state index contributed by atoms with van der Waals surface area (Å²) < 4.78 is 4.78. The van der Waals surface area contributed by atoms with Crippen LogP contribution < -0.4 is 0 Å². The van der Waals surface area contributed by atoms with E-state index in [1.807, 2.05) is 0 Å². The molecule has 0 fully saturated rings. The molecule has 0 saturated carbocycles. The maximum Gasteiger partial charge on any atom is 0.336 e. The molecule has 1 aliphatic rings. The Balaban J connectivity index is 2.83. The minimum atomic E-state index is -0.465. The van der Waals surface area contributed by atoms with Gasteiger partial charge in [0.2, 0.25) is 0 Å². The van der Waals surface area contributed by atoms with Gasteiger partial charge in [0.15, 0.2) is 0 Å². The molecule has 0 amide bonds. The molecule has 0 aliphatic carbocycles. The molecule has 80 valence electrons. The molecule has 1 atom stereocenters. The van der Waals surface area contributed by atoms with Crippen LogP contribution in [0.25, 0.3) is 0 Å². The van der Waals surface area contributed by atoms with Gasteiger partial charge in [-0.05, 0) is 13.0 Å². The number of rotatable bonds is 2. The number of allylic oxidation sites excluding steroid dienone is 1. The standard InChI is InChI=1S/C11H12O4/c1-8(6-12)2-3-9(7-13)10-4-5-11(14)15-10/h4-5,8,12-13H,6-7H2,1H3/b10-9-/t8-/m1/s1. The molecular weight excluding hydrogens is 196 g/mol. The summed E-state index contributed by atoms with van der Waals surface area (Å²) in [4.78, 5) is 10.8. The van der Waals surface area contributed by atoms with Crippen molar-refractivity contribution >= 4 is 5.97 Å². The first-order chi connectivity index (χ1) is 7.17. The van der Waals surface area contributed by atoms with Crippen molar-refractivity contribution in [3.63, 3.8) is 0 Å². The Hall–Kier alpha value is -1.57. The number of hydrogen-bond donors (Lipinski definition) is 2. The molecule has 0 spiro atoms. The molecule has 0 aromatic rings. The van der Waals surface area contributed by atoms with Gasteiger partial charge in [-0.15, -0.1) is 0 Å². The van der Waals surface area contributed by atoms with Gasteiger partial charge in [-0.1, -0.05) is 11.8 Å². The number of ether oxygens (including phenoxy) is 1. The van der Waals surface area contributed by atoms with Crippen molar-refractivity contribution in [1.29, 1.82) is 0 Å². The molecule has 1 heterocycles. The minimum absolute atomic E-state index is 0.0450. The van der Waals surface area contributed by atoms with E-state index >= 15 is 0 Å². The van der Waals surface area contributed by atoms with E-state index in [2.05, 4.69) is 11.8 Å². The van der Waals surface area contributed by atoms with Gasteiger partial charge in [0.05, 0.1) is 18.8 Å². The summed E-state index contributed by atoms with van der Waals surface area (Å²) in [5.74, 6) is 5.05. The lowest BCUT2D eigenvalue weighted by atomic mass is 10.1. The van der Waals surface area contributed by atoms with E-state index in [4.69, 9.17) is 14.9 Å². The van der Waals surface area contributed by atoms with Crippen LogP contribution in [0.4, 0.5) is 0 Å². The number of hydrogen-bond acceptors (Lipinski definition) is 4. The molecule has 0 bridgehead atoms. The SMILES string of the molecule is C[C@H](C#C/C(CO)=C1\C=CC(=O)O1)CO. The van der Waals surface area contributed by atoms with Crippen LogP contribution in [0.3, 0.4) is 0 Å². The van der Waals surface area contributed by atoms with Gasteiger partial charge in [0.25, 0.3) is 0 Å². The second-order valence-corrected chi connectivity index (χ2v) is 3.11. The Bertz CT molecular complexity index is 368. The molecule has 0 saturated heterocycles. The van der Waals surface area contributed by atoms with Gasteiger partial charge in [-0.25, -0.2) is 4.79 Å². The third kappa shape index (κ3) is 3.24. The third-order valence-corrected chi connectivity index (χ3v) is 1.78. The molecule has 1 rings (SSSR count). The molecular formula is C11H12O4. The average molecular weight is 208 g/mol. The predicted molar refractivity (Wildman–Crippen MR) is 53.4 cm³/mol. The van der Waals surface area contributed by atoms with Crippen molar-refractivity contribution in [2.45, 2.75) is 6.92 Å². The average Bonchev–Trinajstić information content (AvgIpc) is 2.65. The van der Waals surface area contributed by atoms with E-state index in [1.54, 1.807) is 6.92 Å². The summed E-state index contributed by atoms with van der Waals surface area (Å²) in [6, 6.07) is 0. The number of aliphatic hydroxyl groups excluding tert-OH is 2. The monoisotopic (exact) mass is 208 g/mol. The first-order valence-corrected chi connectivity index (χ1v) is 4.53. The molecule has 2 N–H and O–H groups in total. The first kappa shape index (κ1) is 11.5. The molecule has 15 heavy (non-hydrogen) atoms. The smallest absolute Gasteiger partial charge is 0.336 e. The number of cyclic esters (lactones) is 1. The Labute approximate surface area is 87.9 Å². The second kappa shape index (κ2) is 5.35. The van der Waals surface area contributed by atoms with Crippen LogP contribution in [-0.4, -0.2) is 29.4 Å². The van der Waals surface area contributed by atoms with Gasteiger partial charge in [-0.2, -0.15) is 0 Å². The van der Waals surface area contributed by atoms with Gasteiger partial charge in [-0.3, -0.25) is 0 Å². The van der Waals surface area contributed by atoms with Crippen molar-refractivity contribution in [2.75, 3.05) is 13.2 Å². The van der Waals surface area contributed by atoms with Crippen molar-refractivity contribution in [3.8, 4) is 11.8 Å². The molecule has 0 aromatic carbocycles. The molecule has 0 radical (unpaired) electrons. The van der Waals surface area contributed by atoms with E-state index in [0.29, 0.717) is 5.57 Å². The molecule has 4 heteroatoms. The van der Waals surface area contributed by atoms with Crippen molar-refractivity contribution in [1.82, 2.24) is 0 Å². The van der Waals surface area contributed by atoms with Crippen LogP contribution >= 0.6 is 0 Å². The van der Waals surface area contributed by atoms with Crippen LogP contribution in [0.1, 0.15) is 6.92 Å². The molecule has 0 unspecified atom stereocenters. The van der Waals surface area contributed by atoms with E-state index in [9.17, 15) is 4.79 Å². The fraction of sp³-hybridized carbons (Fsp3) is 0.364. The Morgan fingerprint density at radius 1 is 1.53 bits per heavy atom. The molecule has 1 aliphatic heterocycles. The van der Waals surface area contributed by atoms with Crippen LogP contribution in [-0.2, 0) is 9.53 Å². The van der Waals surface area contributed by atoms with Gasteiger partial charge in [0.1, 0.15) is 5.76 Å². The highest BCUT2D eigenvalue weighted by molar-refractivity contribution is 5.86. The number of carbonyl (C=O) groups excluding carboxylic acids is 1. The third-order valence-electron chi connectivity index (χ3n) is 1.78. The van der Waals surface area contributed by atoms with E-state index in [-0.39, 0.29) is 24.9 Å². The highest BCUT2D eigenvalue weighted by atomic mass is 16.5. The topological polar surface area (TPSA) is 66.8 Å². The molecule has 4 nitrogen and oxygen atoms in total. The van der Waals surface area contributed by atoms with Crippen LogP contribution in [0.2, 0.25) is 0 Å². The van der Waals surface area contributed by atoms with Gasteiger partial charge < -0.3 is 14.9 Å². The zero-order valence-electron chi connectivity index (χ0n) is 8.36. The lowest BCUT2D eigenvalue weighted by Crippen LogP contribution is -1.99. The lowest BCUT2D eigenvalue weighted by molar-refractivity contribution is -0.132. The summed E-state index contributed by atoms with van der Waals surface area (Å²) in [5.41, 5.74) is 0.345. The molecule has 0 aromatic heterocycles. The van der Waals surface area contributed by atoms with Gasteiger partial charge >= 0.3 is 5.97 Å². The summed E-state index contributed by atoms with van der Waals surface area (Å²) in [7, 11) is 0. The Morgan fingerprint density at radius 2 is 2.27 bits per heavy atom. The first-order valence-electron chi connectivity index (χ1n) is 4.53. The fourth-order valence-electron chi connectivity index (χ4n) is 0.917. The quantitative estimate of drug-likeness (QED) is 0.494. The highest BCUT2D eigenvalue weighted by Gasteiger charge is 2.13. The van der Waals surface area contributed by atoms with E-state index in [1.165, 1.54) is 12.2 Å². The van der Waals surface area contributed by atoms with Crippen molar-refractivity contribution in [2.24, 2.45) is 5.92 Å². The lowest BCUT2D eigenvalue weighted by Gasteiger charge is -2.00. The predicted octanol–water partition coefficient (Wildman–Crippen LogP) is -0.0224. The van der Waals surface area contributed by atoms with Crippen LogP contribution in [0.5, 0.6) is 0 Å². The maximum atomic E-state index is 10.8. The van der Waals surface area contributed by atoms with Crippen LogP contribution in [0, 0.1) is 17.8 Å². The summed E-state index contributed by atoms with van der Waals surface area (Å²) in [6.45, 7) is 1.41. The summed E-state index contributed by atoms with van der Waals surface area (Å²) >= 11 is 0.